The van der Waals surface area contributed by atoms with E-state index in [1.807, 2.05) is 55.5 Å². The molecule has 0 bridgehead atoms. The van der Waals surface area contributed by atoms with Gasteiger partial charge >= 0.3 is 5.97 Å². The number of rotatable bonds is 6. The fraction of sp³-hybridized carbons (Fsp3) is 0.290. The molecule has 35 heavy (non-hydrogen) atoms. The van der Waals surface area contributed by atoms with Crippen LogP contribution in [-0.4, -0.2) is 18.1 Å². The lowest BCUT2D eigenvalue weighted by atomic mass is 9.76. The number of hydrogen-bond acceptors (Lipinski definition) is 4. The largest absolute Gasteiger partial charge is 0.465 e. The number of aryl methyl sites for hydroxylation is 1. The molecule has 0 N–H and O–H groups in total. The minimum atomic E-state index is -0.289. The van der Waals surface area contributed by atoms with E-state index in [1.165, 1.54) is 25.5 Å². The predicted octanol–water partition coefficient (Wildman–Crippen LogP) is 7.62. The summed E-state index contributed by atoms with van der Waals surface area (Å²) in [6.45, 7) is 2.03. The predicted molar refractivity (Wildman–Crippen MR) is 138 cm³/mol. The maximum absolute atomic E-state index is 12.2. The fourth-order valence-corrected chi connectivity index (χ4v) is 5.37. The molecule has 2 atom stereocenters. The second-order valence-corrected chi connectivity index (χ2v) is 9.52. The first kappa shape index (κ1) is 23.1. The number of esters is 1. The highest BCUT2D eigenvalue weighted by atomic mass is 16.5. The average Bonchev–Trinajstić information content (AvgIpc) is 3.34. The highest BCUT2D eigenvalue weighted by molar-refractivity contribution is 5.89. The number of carbonyl (C=O) groups is 1. The maximum atomic E-state index is 12.2. The van der Waals surface area contributed by atoms with Crippen molar-refractivity contribution in [3.05, 3.63) is 101 Å². The normalized spacial score (nSPS) is 17.8. The van der Waals surface area contributed by atoms with Gasteiger partial charge in [0, 0.05) is 17.0 Å². The van der Waals surface area contributed by atoms with E-state index in [0.717, 1.165) is 53.3 Å². The van der Waals surface area contributed by atoms with Crippen molar-refractivity contribution in [3.8, 4) is 22.6 Å². The van der Waals surface area contributed by atoms with E-state index in [-0.39, 0.29) is 11.9 Å². The fourth-order valence-electron chi connectivity index (χ4n) is 5.37. The van der Waals surface area contributed by atoms with Crippen LogP contribution in [0.15, 0.2) is 83.3 Å². The molecule has 1 saturated carbocycles. The number of carbonyl (C=O) groups excluding carboxylic acids is 1. The van der Waals surface area contributed by atoms with Gasteiger partial charge in [-0.1, -0.05) is 85.1 Å². The van der Waals surface area contributed by atoms with Gasteiger partial charge in [0.1, 0.15) is 5.69 Å². The smallest absolute Gasteiger partial charge is 0.337 e. The summed E-state index contributed by atoms with van der Waals surface area (Å²) in [6.07, 6.45) is 5.44. The van der Waals surface area contributed by atoms with E-state index in [9.17, 15) is 4.79 Å². The lowest BCUT2D eigenvalue weighted by molar-refractivity contribution is 0.0600. The zero-order valence-corrected chi connectivity index (χ0v) is 20.4. The molecule has 1 fully saturated rings. The van der Waals surface area contributed by atoms with E-state index >= 15 is 0 Å². The SMILES string of the molecule is COC(=O)c1cc(C)cc(CC2CCCCC2c2nc(-c3ccccc3)c(-c3ccccc3)o2)c1. The first-order chi connectivity index (χ1) is 17.1. The van der Waals surface area contributed by atoms with Gasteiger partial charge < -0.3 is 9.15 Å². The minimum absolute atomic E-state index is 0.241. The molecule has 1 aliphatic carbocycles. The Hall–Kier alpha value is -3.66. The van der Waals surface area contributed by atoms with Crippen LogP contribution in [0.2, 0.25) is 0 Å². The van der Waals surface area contributed by atoms with Gasteiger partial charge in [0.05, 0.1) is 12.7 Å². The topological polar surface area (TPSA) is 52.3 Å². The number of benzene rings is 3. The van der Waals surface area contributed by atoms with E-state index in [1.54, 1.807) is 0 Å². The van der Waals surface area contributed by atoms with Crippen LogP contribution >= 0.6 is 0 Å². The second-order valence-electron chi connectivity index (χ2n) is 9.52. The molecule has 0 amide bonds. The van der Waals surface area contributed by atoms with Gasteiger partial charge in [-0.25, -0.2) is 9.78 Å². The van der Waals surface area contributed by atoms with E-state index < -0.39 is 0 Å². The summed E-state index contributed by atoms with van der Waals surface area (Å²) in [7, 11) is 1.43. The molecular formula is C31H31NO3. The van der Waals surface area contributed by atoms with Gasteiger partial charge in [0.2, 0.25) is 0 Å². The summed E-state index contributed by atoms with van der Waals surface area (Å²) in [5.41, 5.74) is 5.86. The Morgan fingerprint density at radius 3 is 2.34 bits per heavy atom. The lowest BCUT2D eigenvalue weighted by Gasteiger charge is -2.29. The van der Waals surface area contributed by atoms with Crippen molar-refractivity contribution < 1.29 is 13.9 Å². The zero-order valence-electron chi connectivity index (χ0n) is 20.4. The number of hydrogen-bond donors (Lipinski definition) is 0. The van der Waals surface area contributed by atoms with Crippen molar-refractivity contribution in [2.45, 2.75) is 44.9 Å². The Morgan fingerprint density at radius 1 is 0.943 bits per heavy atom. The van der Waals surface area contributed by atoms with Crippen LogP contribution in [0.25, 0.3) is 22.6 Å². The lowest BCUT2D eigenvalue weighted by Crippen LogP contribution is -2.20. The monoisotopic (exact) mass is 465 g/mol. The first-order valence-electron chi connectivity index (χ1n) is 12.4. The van der Waals surface area contributed by atoms with Crippen LogP contribution in [0.3, 0.4) is 0 Å². The molecule has 2 unspecified atom stereocenters. The third-order valence-electron chi connectivity index (χ3n) is 7.01. The summed E-state index contributed by atoms with van der Waals surface area (Å²) in [6, 6.07) is 26.6. The molecule has 0 radical (unpaired) electrons. The van der Waals surface area contributed by atoms with Crippen LogP contribution in [-0.2, 0) is 11.2 Å². The number of methoxy groups -OCH3 is 1. The zero-order chi connectivity index (χ0) is 24.2. The van der Waals surface area contributed by atoms with Gasteiger partial charge in [0.15, 0.2) is 11.7 Å². The first-order valence-corrected chi connectivity index (χ1v) is 12.4. The van der Waals surface area contributed by atoms with Crippen LogP contribution in [0.5, 0.6) is 0 Å². The molecular weight excluding hydrogens is 434 g/mol. The number of nitrogens with zero attached hydrogens (tertiary/aromatic N) is 1. The molecule has 4 heteroatoms. The van der Waals surface area contributed by atoms with Crippen LogP contribution in [0.4, 0.5) is 0 Å². The van der Waals surface area contributed by atoms with Gasteiger partial charge in [-0.15, -0.1) is 0 Å². The Balaban J connectivity index is 1.50. The van der Waals surface area contributed by atoms with Gasteiger partial charge in [0.25, 0.3) is 0 Å². The molecule has 178 valence electrons. The molecule has 1 aliphatic rings. The molecule has 4 aromatic rings. The molecule has 1 aromatic heterocycles. The summed E-state index contributed by atoms with van der Waals surface area (Å²) in [5, 5.41) is 0. The average molecular weight is 466 g/mol. The summed E-state index contributed by atoms with van der Waals surface area (Å²) < 4.78 is 11.5. The Bertz CT molecular complexity index is 1240. The molecule has 3 aromatic carbocycles. The van der Waals surface area contributed by atoms with Crippen LogP contribution in [0.1, 0.15) is 59.0 Å². The summed E-state index contributed by atoms with van der Waals surface area (Å²) in [4.78, 5) is 17.3. The minimum Gasteiger partial charge on any atom is -0.465 e. The maximum Gasteiger partial charge on any atom is 0.337 e. The Morgan fingerprint density at radius 2 is 1.63 bits per heavy atom. The number of ether oxygens (including phenoxy) is 1. The third-order valence-corrected chi connectivity index (χ3v) is 7.01. The van der Waals surface area contributed by atoms with Crippen molar-refractivity contribution in [1.82, 2.24) is 4.98 Å². The van der Waals surface area contributed by atoms with Crippen molar-refractivity contribution in [2.24, 2.45) is 5.92 Å². The van der Waals surface area contributed by atoms with Gasteiger partial charge in [-0.2, -0.15) is 0 Å². The molecule has 1 heterocycles. The van der Waals surface area contributed by atoms with E-state index in [0.29, 0.717) is 11.5 Å². The Labute approximate surface area is 207 Å². The standard InChI is InChI=1S/C31H31NO3/c1-21-17-22(20-26(18-21)31(33)34-2)19-25-15-9-10-16-27(25)30-32-28(23-11-5-3-6-12-23)29(35-30)24-13-7-4-8-14-24/h3-8,11-14,17-18,20,25,27H,9-10,15-16,19H2,1-2H3. The third kappa shape index (κ3) is 5.07. The highest BCUT2D eigenvalue weighted by Gasteiger charge is 2.32. The van der Waals surface area contributed by atoms with Crippen molar-refractivity contribution in [3.63, 3.8) is 0 Å². The van der Waals surface area contributed by atoms with E-state index in [4.69, 9.17) is 14.1 Å². The molecule has 4 nitrogen and oxygen atoms in total. The van der Waals surface area contributed by atoms with Crippen molar-refractivity contribution in [1.29, 1.82) is 0 Å². The van der Waals surface area contributed by atoms with Crippen molar-refractivity contribution in [2.75, 3.05) is 7.11 Å². The van der Waals surface area contributed by atoms with E-state index in [2.05, 4.69) is 30.3 Å². The summed E-state index contributed by atoms with van der Waals surface area (Å²) >= 11 is 0. The summed E-state index contributed by atoms with van der Waals surface area (Å²) in [5.74, 6) is 2.02. The number of aromatic nitrogens is 1. The van der Waals surface area contributed by atoms with Gasteiger partial charge in [-0.3, -0.25) is 0 Å². The van der Waals surface area contributed by atoms with Crippen LogP contribution in [0, 0.1) is 12.8 Å². The second kappa shape index (κ2) is 10.3. The Kier molecular flexibility index (Phi) is 6.80. The van der Waals surface area contributed by atoms with Crippen LogP contribution < -0.4 is 0 Å². The number of oxazole rings is 1. The molecule has 0 aliphatic heterocycles. The highest BCUT2D eigenvalue weighted by Crippen LogP contribution is 2.43. The molecule has 0 saturated heterocycles. The quantitative estimate of drug-likeness (QED) is 0.275. The van der Waals surface area contributed by atoms with Gasteiger partial charge in [-0.05, 0) is 49.8 Å². The molecule has 0 spiro atoms. The molecule has 5 rings (SSSR count). The van der Waals surface area contributed by atoms with Crippen molar-refractivity contribution >= 4 is 5.97 Å².